The van der Waals surface area contributed by atoms with Crippen LogP contribution < -0.4 is 0 Å². The minimum absolute atomic E-state index is 1.24. The molecule has 0 amide bonds. The van der Waals surface area contributed by atoms with Crippen LogP contribution in [0.25, 0.3) is 75.1 Å². The molecule has 1 heterocycles. The first-order chi connectivity index (χ1) is 19.4. The van der Waals surface area contributed by atoms with E-state index in [-0.39, 0.29) is 0 Å². The molecule has 0 spiro atoms. The molecule has 0 aliphatic rings. The van der Waals surface area contributed by atoms with Crippen molar-refractivity contribution in [1.82, 2.24) is 0 Å². The van der Waals surface area contributed by atoms with Gasteiger partial charge in [-0.25, -0.2) is 0 Å². The van der Waals surface area contributed by atoms with Crippen molar-refractivity contribution in [3.63, 3.8) is 0 Å². The van der Waals surface area contributed by atoms with E-state index >= 15 is 0 Å². The topological polar surface area (TPSA) is 0 Å². The van der Waals surface area contributed by atoms with Crippen LogP contribution in [0.1, 0.15) is 0 Å². The standard InChI is InChI=1S/C38H24S/c1-3-13-25(14-4-1)32-24-36-33(27-17-11-12-22-35(27)39-36)23-34(32)38-30-20-9-7-18-28(30)37(26-15-5-2-6-16-26)29-19-8-10-21-31(29)38/h1-24H. The molecule has 182 valence electrons. The van der Waals surface area contributed by atoms with E-state index < -0.39 is 0 Å². The molecule has 1 heteroatoms. The second kappa shape index (κ2) is 8.94. The number of hydrogen-bond acceptors (Lipinski definition) is 1. The average molecular weight is 513 g/mol. The minimum Gasteiger partial charge on any atom is -0.135 e. The van der Waals surface area contributed by atoms with Gasteiger partial charge in [0.1, 0.15) is 0 Å². The number of hydrogen-bond donors (Lipinski definition) is 0. The zero-order chi connectivity index (χ0) is 25.8. The van der Waals surface area contributed by atoms with Crippen molar-refractivity contribution >= 4 is 53.1 Å². The van der Waals surface area contributed by atoms with Crippen LogP contribution in [0.2, 0.25) is 0 Å². The number of benzene rings is 7. The van der Waals surface area contributed by atoms with Gasteiger partial charge in [-0.05, 0) is 73.1 Å². The van der Waals surface area contributed by atoms with Crippen LogP contribution in [0.4, 0.5) is 0 Å². The van der Waals surface area contributed by atoms with Crippen molar-refractivity contribution in [2.75, 3.05) is 0 Å². The van der Waals surface area contributed by atoms with Crippen molar-refractivity contribution in [3.8, 4) is 33.4 Å². The van der Waals surface area contributed by atoms with Gasteiger partial charge in [0.15, 0.2) is 0 Å². The Kier molecular flexibility index (Phi) is 5.11. The molecule has 0 atom stereocenters. The largest absolute Gasteiger partial charge is 0.135 e. The van der Waals surface area contributed by atoms with Crippen molar-refractivity contribution in [1.29, 1.82) is 0 Å². The normalized spacial score (nSPS) is 11.6. The molecule has 1 aromatic heterocycles. The molecule has 0 aliphatic heterocycles. The Morgan fingerprint density at radius 3 is 1.41 bits per heavy atom. The van der Waals surface area contributed by atoms with Gasteiger partial charge in [0, 0.05) is 20.2 Å². The Hall–Kier alpha value is -4.72. The molecule has 39 heavy (non-hydrogen) atoms. The number of fused-ring (bicyclic) bond motifs is 5. The molecule has 0 aliphatic carbocycles. The average Bonchev–Trinajstić information content (AvgIpc) is 3.37. The molecular weight excluding hydrogens is 488 g/mol. The quantitative estimate of drug-likeness (QED) is 0.207. The summed E-state index contributed by atoms with van der Waals surface area (Å²) in [4.78, 5) is 0. The second-order valence-electron chi connectivity index (χ2n) is 10.1. The van der Waals surface area contributed by atoms with E-state index in [1.807, 2.05) is 11.3 Å². The molecule has 0 unspecified atom stereocenters. The fourth-order valence-corrected chi connectivity index (χ4v) is 7.30. The van der Waals surface area contributed by atoms with Gasteiger partial charge >= 0.3 is 0 Å². The van der Waals surface area contributed by atoms with Crippen molar-refractivity contribution in [3.05, 3.63) is 146 Å². The lowest BCUT2D eigenvalue weighted by Gasteiger charge is -2.20. The molecular formula is C38H24S. The van der Waals surface area contributed by atoms with E-state index in [0.29, 0.717) is 0 Å². The highest BCUT2D eigenvalue weighted by Gasteiger charge is 2.20. The van der Waals surface area contributed by atoms with Crippen LogP contribution in [-0.2, 0) is 0 Å². The van der Waals surface area contributed by atoms with Crippen LogP contribution in [0, 0.1) is 0 Å². The summed E-state index contributed by atoms with van der Waals surface area (Å²) in [6.45, 7) is 0. The highest BCUT2D eigenvalue weighted by atomic mass is 32.1. The van der Waals surface area contributed by atoms with E-state index in [9.17, 15) is 0 Å². The van der Waals surface area contributed by atoms with E-state index in [1.54, 1.807) is 0 Å². The Bertz CT molecular complexity index is 2090. The third kappa shape index (κ3) is 3.51. The molecule has 0 bridgehead atoms. The summed E-state index contributed by atoms with van der Waals surface area (Å²) in [5.74, 6) is 0. The third-order valence-electron chi connectivity index (χ3n) is 7.86. The lowest BCUT2D eigenvalue weighted by atomic mass is 9.83. The van der Waals surface area contributed by atoms with Gasteiger partial charge in [0.25, 0.3) is 0 Å². The summed E-state index contributed by atoms with van der Waals surface area (Å²) in [5, 5.41) is 7.79. The third-order valence-corrected chi connectivity index (χ3v) is 9.00. The first-order valence-corrected chi connectivity index (χ1v) is 14.2. The Labute approximate surface area is 231 Å². The molecule has 0 nitrogen and oxygen atoms in total. The van der Waals surface area contributed by atoms with Crippen LogP contribution in [0.3, 0.4) is 0 Å². The summed E-state index contributed by atoms with van der Waals surface area (Å²) in [5.41, 5.74) is 7.65. The maximum Gasteiger partial charge on any atom is 0.0362 e. The van der Waals surface area contributed by atoms with Gasteiger partial charge in [-0.3, -0.25) is 0 Å². The molecule has 0 N–H and O–H groups in total. The minimum atomic E-state index is 1.24. The van der Waals surface area contributed by atoms with Crippen molar-refractivity contribution < 1.29 is 0 Å². The highest BCUT2D eigenvalue weighted by molar-refractivity contribution is 7.25. The van der Waals surface area contributed by atoms with Crippen molar-refractivity contribution in [2.24, 2.45) is 0 Å². The summed E-state index contributed by atoms with van der Waals surface area (Å²) in [7, 11) is 0. The fraction of sp³-hybridized carbons (Fsp3) is 0. The summed E-state index contributed by atoms with van der Waals surface area (Å²) >= 11 is 1.88. The lowest BCUT2D eigenvalue weighted by molar-refractivity contribution is 1.64. The number of thiophene rings is 1. The van der Waals surface area contributed by atoms with Crippen LogP contribution in [0.5, 0.6) is 0 Å². The van der Waals surface area contributed by atoms with Gasteiger partial charge in [-0.1, -0.05) is 127 Å². The molecule has 8 rings (SSSR count). The second-order valence-corrected chi connectivity index (χ2v) is 11.1. The van der Waals surface area contributed by atoms with E-state index in [2.05, 4.69) is 146 Å². The van der Waals surface area contributed by atoms with Gasteiger partial charge in [-0.2, -0.15) is 0 Å². The predicted octanol–water partition coefficient (Wildman–Crippen LogP) is 11.4. The van der Waals surface area contributed by atoms with Crippen LogP contribution >= 0.6 is 11.3 Å². The molecule has 0 saturated carbocycles. The monoisotopic (exact) mass is 512 g/mol. The number of rotatable bonds is 3. The van der Waals surface area contributed by atoms with Gasteiger partial charge < -0.3 is 0 Å². The molecule has 0 radical (unpaired) electrons. The van der Waals surface area contributed by atoms with Crippen molar-refractivity contribution in [2.45, 2.75) is 0 Å². The maximum absolute atomic E-state index is 2.45. The summed E-state index contributed by atoms with van der Waals surface area (Å²) in [6.07, 6.45) is 0. The smallest absolute Gasteiger partial charge is 0.0362 e. The Morgan fingerprint density at radius 1 is 0.308 bits per heavy atom. The first-order valence-electron chi connectivity index (χ1n) is 13.4. The molecule has 0 saturated heterocycles. The van der Waals surface area contributed by atoms with E-state index in [4.69, 9.17) is 0 Å². The van der Waals surface area contributed by atoms with Crippen LogP contribution in [0.15, 0.2) is 146 Å². The van der Waals surface area contributed by atoms with Gasteiger partial charge in [0.05, 0.1) is 0 Å². The Morgan fingerprint density at radius 2 is 0.795 bits per heavy atom. The SMILES string of the molecule is c1ccc(-c2cc3sc4ccccc4c3cc2-c2c3ccccc3c(-c3ccccc3)c3ccccc23)cc1. The zero-order valence-electron chi connectivity index (χ0n) is 21.3. The summed E-state index contributed by atoms with van der Waals surface area (Å²) < 4.78 is 2.66. The molecule has 0 fully saturated rings. The lowest BCUT2D eigenvalue weighted by Crippen LogP contribution is -1.92. The van der Waals surface area contributed by atoms with E-state index in [1.165, 1.54) is 75.1 Å². The summed E-state index contributed by atoms with van der Waals surface area (Å²) in [6, 6.07) is 53.2. The first kappa shape index (κ1) is 22.3. The Balaban J connectivity index is 1.58. The van der Waals surface area contributed by atoms with Crippen LogP contribution in [-0.4, -0.2) is 0 Å². The zero-order valence-corrected chi connectivity index (χ0v) is 22.1. The maximum atomic E-state index is 2.45. The molecule has 7 aromatic carbocycles. The van der Waals surface area contributed by atoms with Gasteiger partial charge in [0.2, 0.25) is 0 Å². The fourth-order valence-electron chi connectivity index (χ4n) is 6.17. The highest BCUT2D eigenvalue weighted by Crippen LogP contribution is 2.48. The van der Waals surface area contributed by atoms with Gasteiger partial charge in [-0.15, -0.1) is 11.3 Å². The molecule has 8 aromatic rings. The predicted molar refractivity (Wildman–Crippen MR) is 171 cm³/mol. The van der Waals surface area contributed by atoms with E-state index in [0.717, 1.165) is 0 Å².